The Hall–Kier alpha value is -0.900. The largest absolute Gasteiger partial charge is 0.395 e. The fourth-order valence-electron chi connectivity index (χ4n) is 2.99. The van der Waals surface area contributed by atoms with E-state index in [1.807, 2.05) is 0 Å². The Morgan fingerprint density at radius 3 is 2.47 bits per heavy atom. The number of aliphatic hydroxyl groups is 1. The Kier molecular flexibility index (Phi) is 5.83. The number of hydrogen-bond donors (Lipinski definition) is 2. The summed E-state index contributed by atoms with van der Waals surface area (Å²) in [6.07, 6.45) is 4.96. The van der Waals surface area contributed by atoms with Crippen LogP contribution in [0.4, 0.5) is 0 Å². The van der Waals surface area contributed by atoms with Gasteiger partial charge in [0.05, 0.1) is 6.61 Å². The summed E-state index contributed by atoms with van der Waals surface area (Å²) < 4.78 is 0. The molecule has 0 radical (unpaired) electrons. The highest BCUT2D eigenvalue weighted by atomic mass is 16.3. The summed E-state index contributed by atoms with van der Waals surface area (Å²) in [4.78, 5) is 2.48. The molecule has 0 aliphatic heterocycles. The summed E-state index contributed by atoms with van der Waals surface area (Å²) in [5.41, 5.74) is 1.39. The van der Waals surface area contributed by atoms with Crippen LogP contribution in [-0.4, -0.2) is 42.3 Å². The van der Waals surface area contributed by atoms with Crippen LogP contribution < -0.4 is 5.32 Å². The molecule has 1 aromatic carbocycles. The molecule has 0 amide bonds. The number of nitrogens with one attached hydrogen (secondary N) is 1. The van der Waals surface area contributed by atoms with Crippen molar-refractivity contribution in [3.8, 4) is 0 Å². The number of rotatable bonds is 6. The first-order valence-electron chi connectivity index (χ1n) is 7.38. The van der Waals surface area contributed by atoms with Gasteiger partial charge in [-0.25, -0.2) is 0 Å². The van der Waals surface area contributed by atoms with Gasteiger partial charge < -0.3 is 10.4 Å². The van der Waals surface area contributed by atoms with Gasteiger partial charge in [-0.1, -0.05) is 30.3 Å². The third-order valence-electron chi connectivity index (χ3n) is 4.14. The molecule has 106 valence electrons. The van der Waals surface area contributed by atoms with Gasteiger partial charge in [0.25, 0.3) is 0 Å². The van der Waals surface area contributed by atoms with Crippen LogP contribution in [0.3, 0.4) is 0 Å². The summed E-state index contributed by atoms with van der Waals surface area (Å²) in [6, 6.07) is 12.0. The van der Waals surface area contributed by atoms with Gasteiger partial charge in [0, 0.05) is 25.2 Å². The second kappa shape index (κ2) is 7.63. The minimum atomic E-state index is 0.244. The molecule has 3 nitrogen and oxygen atoms in total. The third kappa shape index (κ3) is 4.60. The Balaban J connectivity index is 1.74. The first-order valence-corrected chi connectivity index (χ1v) is 7.38. The van der Waals surface area contributed by atoms with Crippen LogP contribution in [-0.2, 0) is 6.54 Å². The van der Waals surface area contributed by atoms with Crippen LogP contribution in [0.15, 0.2) is 30.3 Å². The van der Waals surface area contributed by atoms with E-state index in [-0.39, 0.29) is 6.61 Å². The van der Waals surface area contributed by atoms with Crippen molar-refractivity contribution in [3.63, 3.8) is 0 Å². The maximum absolute atomic E-state index is 8.83. The van der Waals surface area contributed by atoms with E-state index < -0.39 is 0 Å². The fourth-order valence-corrected chi connectivity index (χ4v) is 2.99. The van der Waals surface area contributed by atoms with E-state index in [9.17, 15) is 0 Å². The van der Waals surface area contributed by atoms with Crippen LogP contribution in [0.5, 0.6) is 0 Å². The number of benzene rings is 1. The maximum Gasteiger partial charge on any atom is 0.0556 e. The molecule has 3 heteroatoms. The molecule has 0 unspecified atom stereocenters. The third-order valence-corrected chi connectivity index (χ3v) is 4.14. The molecule has 1 fully saturated rings. The summed E-state index contributed by atoms with van der Waals surface area (Å²) in [5.74, 6) is 0. The highest BCUT2D eigenvalue weighted by Crippen LogP contribution is 2.23. The SMILES string of the molecule is CN(Cc1ccccc1)C1CCC(NCCO)CC1. The van der Waals surface area contributed by atoms with E-state index in [4.69, 9.17) is 5.11 Å². The van der Waals surface area contributed by atoms with Gasteiger partial charge in [-0.15, -0.1) is 0 Å². The van der Waals surface area contributed by atoms with Gasteiger partial charge >= 0.3 is 0 Å². The topological polar surface area (TPSA) is 35.5 Å². The standard InChI is InChI=1S/C16H26N2O/c1-18(13-14-5-3-2-4-6-14)16-9-7-15(8-10-16)17-11-12-19/h2-6,15-17,19H,7-13H2,1H3. The van der Waals surface area contributed by atoms with E-state index in [0.717, 1.165) is 13.1 Å². The molecule has 0 aromatic heterocycles. The van der Waals surface area contributed by atoms with Crippen molar-refractivity contribution in [1.82, 2.24) is 10.2 Å². The lowest BCUT2D eigenvalue weighted by Crippen LogP contribution is -2.41. The van der Waals surface area contributed by atoms with Crippen LogP contribution in [0, 0.1) is 0 Å². The predicted octanol–water partition coefficient (Wildman–Crippen LogP) is 2.01. The average Bonchev–Trinajstić information content (AvgIpc) is 2.46. The van der Waals surface area contributed by atoms with Crippen LogP contribution in [0.1, 0.15) is 31.2 Å². The zero-order valence-electron chi connectivity index (χ0n) is 11.9. The Bertz CT molecular complexity index is 347. The fraction of sp³-hybridized carbons (Fsp3) is 0.625. The van der Waals surface area contributed by atoms with Crippen LogP contribution in [0.25, 0.3) is 0 Å². The lowest BCUT2D eigenvalue weighted by atomic mass is 9.90. The Morgan fingerprint density at radius 1 is 1.16 bits per heavy atom. The predicted molar refractivity (Wildman–Crippen MR) is 79.0 cm³/mol. The molecule has 0 heterocycles. The lowest BCUT2D eigenvalue weighted by molar-refractivity contribution is 0.165. The minimum Gasteiger partial charge on any atom is -0.395 e. The summed E-state index contributed by atoms with van der Waals surface area (Å²) in [7, 11) is 2.24. The molecule has 1 saturated carbocycles. The van der Waals surface area contributed by atoms with Gasteiger partial charge in [0.15, 0.2) is 0 Å². The van der Waals surface area contributed by atoms with E-state index in [1.165, 1.54) is 31.2 Å². The van der Waals surface area contributed by atoms with Crippen molar-refractivity contribution < 1.29 is 5.11 Å². The monoisotopic (exact) mass is 262 g/mol. The first kappa shape index (κ1) is 14.5. The molecule has 1 aromatic rings. The molecule has 0 bridgehead atoms. The smallest absolute Gasteiger partial charge is 0.0556 e. The molecule has 19 heavy (non-hydrogen) atoms. The van der Waals surface area contributed by atoms with Crippen molar-refractivity contribution in [3.05, 3.63) is 35.9 Å². The van der Waals surface area contributed by atoms with Gasteiger partial charge in [0.1, 0.15) is 0 Å². The molecular weight excluding hydrogens is 236 g/mol. The van der Waals surface area contributed by atoms with Crippen LogP contribution >= 0.6 is 0 Å². The molecule has 1 aliphatic rings. The summed E-state index contributed by atoms with van der Waals surface area (Å²) in [5, 5.41) is 12.2. The quantitative estimate of drug-likeness (QED) is 0.823. The highest BCUT2D eigenvalue weighted by molar-refractivity contribution is 5.14. The number of aliphatic hydroxyl groups excluding tert-OH is 1. The lowest BCUT2D eigenvalue weighted by Gasteiger charge is -2.35. The van der Waals surface area contributed by atoms with E-state index >= 15 is 0 Å². The van der Waals surface area contributed by atoms with Crippen molar-refractivity contribution in [2.45, 2.75) is 44.3 Å². The van der Waals surface area contributed by atoms with Gasteiger partial charge in [-0.2, -0.15) is 0 Å². The molecule has 0 spiro atoms. The van der Waals surface area contributed by atoms with Gasteiger partial charge in [-0.05, 0) is 38.3 Å². The second-order valence-electron chi connectivity index (χ2n) is 5.58. The zero-order chi connectivity index (χ0) is 13.5. The summed E-state index contributed by atoms with van der Waals surface area (Å²) >= 11 is 0. The molecule has 0 atom stereocenters. The number of hydrogen-bond acceptors (Lipinski definition) is 3. The van der Waals surface area contributed by atoms with Crippen molar-refractivity contribution in [2.24, 2.45) is 0 Å². The van der Waals surface area contributed by atoms with Crippen LogP contribution in [0.2, 0.25) is 0 Å². The van der Waals surface area contributed by atoms with Gasteiger partial charge in [0.2, 0.25) is 0 Å². The summed E-state index contributed by atoms with van der Waals surface area (Å²) in [6.45, 7) is 2.02. The molecule has 2 N–H and O–H groups in total. The highest BCUT2D eigenvalue weighted by Gasteiger charge is 2.23. The van der Waals surface area contributed by atoms with E-state index in [2.05, 4.69) is 47.6 Å². The Labute approximate surface area is 116 Å². The molecule has 0 saturated heterocycles. The minimum absolute atomic E-state index is 0.244. The van der Waals surface area contributed by atoms with Crippen molar-refractivity contribution in [2.75, 3.05) is 20.2 Å². The number of nitrogens with zero attached hydrogens (tertiary/aromatic N) is 1. The molecule has 2 rings (SSSR count). The maximum atomic E-state index is 8.83. The normalized spacial score (nSPS) is 23.7. The van der Waals surface area contributed by atoms with Crippen molar-refractivity contribution >= 4 is 0 Å². The van der Waals surface area contributed by atoms with Gasteiger partial charge in [-0.3, -0.25) is 4.90 Å². The second-order valence-corrected chi connectivity index (χ2v) is 5.58. The zero-order valence-corrected chi connectivity index (χ0v) is 11.9. The van der Waals surface area contributed by atoms with E-state index in [0.29, 0.717) is 12.1 Å². The molecular formula is C16H26N2O. The Morgan fingerprint density at radius 2 is 1.84 bits per heavy atom. The van der Waals surface area contributed by atoms with Crippen molar-refractivity contribution in [1.29, 1.82) is 0 Å². The van der Waals surface area contributed by atoms with E-state index in [1.54, 1.807) is 0 Å². The first-order chi connectivity index (χ1) is 9.29. The molecule has 1 aliphatic carbocycles. The average molecular weight is 262 g/mol.